The number of hydrogen-bond donors (Lipinski definition) is 1. The fourth-order valence-electron chi connectivity index (χ4n) is 6.15. The van der Waals surface area contributed by atoms with Gasteiger partial charge in [0, 0.05) is 27.9 Å². The summed E-state index contributed by atoms with van der Waals surface area (Å²) in [5.74, 6) is -1.05. The third-order valence-corrected chi connectivity index (χ3v) is 7.59. The standard InChI is InChI=1S/C20H22O6/c1-18-8-14(11-4-6-24-9-11)26-16(21)13(18)3-5-19(2)15(18)7-12-10-25-17(22)20(12,19)23/h3-4,6,9,12,14-15,23H,5,7-8,10H2,1-2H3/t12-,14-,15-,18+,19+,20+/m0/s1. The molecule has 0 spiro atoms. The second-order valence-electron chi connectivity index (χ2n) is 8.66. The van der Waals surface area contributed by atoms with Gasteiger partial charge in [-0.15, -0.1) is 0 Å². The van der Waals surface area contributed by atoms with Crippen molar-refractivity contribution in [2.24, 2.45) is 22.7 Å². The van der Waals surface area contributed by atoms with Crippen LogP contribution in [0.1, 0.15) is 44.8 Å². The molecule has 1 aromatic heterocycles. The van der Waals surface area contributed by atoms with E-state index in [0.29, 0.717) is 24.8 Å². The number of carbonyl (C=O) groups is 2. The monoisotopic (exact) mass is 358 g/mol. The van der Waals surface area contributed by atoms with Crippen LogP contribution in [0.15, 0.2) is 34.7 Å². The number of esters is 2. The highest BCUT2D eigenvalue weighted by Crippen LogP contribution is 2.69. The van der Waals surface area contributed by atoms with Gasteiger partial charge in [-0.05, 0) is 31.2 Å². The SMILES string of the molecule is C[C@@]12C[C@@H](c3ccoc3)OC(=O)C1=CC[C@]1(C)[C@H]2C[C@H]2COC(=O)[C@]21O. The number of hydrogen-bond acceptors (Lipinski definition) is 6. The van der Waals surface area contributed by atoms with Crippen molar-refractivity contribution >= 4 is 11.9 Å². The molecule has 0 unspecified atom stereocenters. The molecule has 1 saturated carbocycles. The minimum Gasteiger partial charge on any atom is -0.472 e. The predicted octanol–water partition coefficient (Wildman–Crippen LogP) is 2.53. The molecule has 1 N–H and O–H groups in total. The lowest BCUT2D eigenvalue weighted by atomic mass is 9.52. The molecule has 2 aliphatic carbocycles. The van der Waals surface area contributed by atoms with Crippen molar-refractivity contribution in [2.75, 3.05) is 6.61 Å². The zero-order valence-electron chi connectivity index (χ0n) is 14.9. The van der Waals surface area contributed by atoms with Gasteiger partial charge in [-0.1, -0.05) is 19.9 Å². The van der Waals surface area contributed by atoms with Gasteiger partial charge in [0.1, 0.15) is 6.10 Å². The first-order valence-corrected chi connectivity index (χ1v) is 9.14. The molecule has 3 heterocycles. The first-order valence-electron chi connectivity index (χ1n) is 9.14. The van der Waals surface area contributed by atoms with E-state index in [-0.39, 0.29) is 30.5 Å². The third-order valence-electron chi connectivity index (χ3n) is 7.59. The molecule has 6 nitrogen and oxygen atoms in total. The van der Waals surface area contributed by atoms with Gasteiger partial charge in [0.15, 0.2) is 5.60 Å². The third kappa shape index (κ3) is 1.66. The molecule has 0 bridgehead atoms. The van der Waals surface area contributed by atoms with Gasteiger partial charge in [-0.2, -0.15) is 0 Å². The van der Waals surface area contributed by atoms with Gasteiger partial charge in [0.25, 0.3) is 0 Å². The van der Waals surface area contributed by atoms with Gasteiger partial charge in [0.05, 0.1) is 19.1 Å². The Morgan fingerprint density at radius 3 is 2.81 bits per heavy atom. The zero-order valence-corrected chi connectivity index (χ0v) is 14.9. The number of fused-ring (bicyclic) bond motifs is 5. The van der Waals surface area contributed by atoms with E-state index in [1.54, 1.807) is 12.5 Å². The van der Waals surface area contributed by atoms with Crippen molar-refractivity contribution in [3.8, 4) is 0 Å². The topological polar surface area (TPSA) is 86.0 Å². The Labute approximate surface area is 151 Å². The van der Waals surface area contributed by atoms with Gasteiger partial charge in [0.2, 0.25) is 0 Å². The van der Waals surface area contributed by atoms with Gasteiger partial charge in [-0.3, -0.25) is 0 Å². The van der Waals surface area contributed by atoms with Crippen molar-refractivity contribution in [3.63, 3.8) is 0 Å². The van der Waals surface area contributed by atoms with E-state index in [0.717, 1.165) is 5.56 Å². The van der Waals surface area contributed by atoms with Crippen molar-refractivity contribution in [1.29, 1.82) is 0 Å². The van der Waals surface area contributed by atoms with Crippen LogP contribution in [0, 0.1) is 22.7 Å². The summed E-state index contributed by atoms with van der Waals surface area (Å²) in [6, 6.07) is 1.81. The molecular weight excluding hydrogens is 336 g/mol. The average Bonchev–Trinajstić information content (AvgIpc) is 3.26. The van der Waals surface area contributed by atoms with Crippen LogP contribution >= 0.6 is 0 Å². The van der Waals surface area contributed by atoms with Gasteiger partial charge in [-0.25, -0.2) is 9.59 Å². The lowest BCUT2D eigenvalue weighted by molar-refractivity contribution is -0.174. The highest BCUT2D eigenvalue weighted by atomic mass is 16.6. The van der Waals surface area contributed by atoms with E-state index >= 15 is 0 Å². The lowest BCUT2D eigenvalue weighted by Gasteiger charge is -2.53. The van der Waals surface area contributed by atoms with E-state index in [9.17, 15) is 14.7 Å². The molecule has 6 heteroatoms. The molecule has 138 valence electrons. The molecule has 5 rings (SSSR count). The van der Waals surface area contributed by atoms with Crippen LogP contribution < -0.4 is 0 Å². The van der Waals surface area contributed by atoms with E-state index < -0.39 is 22.4 Å². The number of cyclic esters (lactones) is 2. The van der Waals surface area contributed by atoms with Crippen LogP contribution in [0.2, 0.25) is 0 Å². The number of carbonyl (C=O) groups excluding carboxylic acids is 2. The summed E-state index contributed by atoms with van der Waals surface area (Å²) in [6.07, 6.45) is 6.41. The Balaban J connectivity index is 1.60. The van der Waals surface area contributed by atoms with Gasteiger partial charge >= 0.3 is 11.9 Å². The summed E-state index contributed by atoms with van der Waals surface area (Å²) < 4.78 is 16.0. The Morgan fingerprint density at radius 1 is 1.27 bits per heavy atom. The summed E-state index contributed by atoms with van der Waals surface area (Å²) in [4.78, 5) is 25.2. The van der Waals surface area contributed by atoms with E-state index in [1.165, 1.54) is 0 Å². The molecule has 26 heavy (non-hydrogen) atoms. The maximum atomic E-state index is 12.7. The number of ether oxygens (including phenoxy) is 2. The minimum atomic E-state index is -1.48. The summed E-state index contributed by atoms with van der Waals surface area (Å²) in [5.41, 5.74) is -1.08. The molecule has 0 aromatic carbocycles. The summed E-state index contributed by atoms with van der Waals surface area (Å²) in [6.45, 7) is 4.29. The van der Waals surface area contributed by atoms with Crippen LogP contribution in [-0.2, 0) is 19.1 Å². The van der Waals surface area contributed by atoms with Crippen LogP contribution in [0.3, 0.4) is 0 Å². The van der Waals surface area contributed by atoms with Crippen molar-refractivity contribution in [1.82, 2.24) is 0 Å². The maximum Gasteiger partial charge on any atom is 0.339 e. The zero-order chi connectivity index (χ0) is 18.3. The van der Waals surface area contributed by atoms with Crippen LogP contribution in [0.5, 0.6) is 0 Å². The minimum absolute atomic E-state index is 0.0000935. The Kier molecular flexibility index (Phi) is 2.97. The molecule has 0 radical (unpaired) electrons. The van der Waals surface area contributed by atoms with Crippen LogP contribution in [-0.4, -0.2) is 29.3 Å². The molecule has 6 atom stereocenters. The summed E-state index contributed by atoms with van der Waals surface area (Å²) in [7, 11) is 0. The smallest absolute Gasteiger partial charge is 0.339 e. The molecular formula is C20H22O6. The van der Waals surface area contributed by atoms with Gasteiger partial charge < -0.3 is 19.0 Å². The van der Waals surface area contributed by atoms with Crippen molar-refractivity contribution in [3.05, 3.63) is 35.8 Å². The molecule has 4 aliphatic rings. The number of allylic oxidation sites excluding steroid dienone is 1. The Morgan fingerprint density at radius 2 is 2.08 bits per heavy atom. The summed E-state index contributed by atoms with van der Waals surface area (Å²) in [5, 5.41) is 11.3. The summed E-state index contributed by atoms with van der Waals surface area (Å²) >= 11 is 0. The molecule has 3 fully saturated rings. The van der Waals surface area contributed by atoms with Crippen LogP contribution in [0.25, 0.3) is 0 Å². The number of aliphatic hydroxyl groups is 1. The molecule has 2 saturated heterocycles. The van der Waals surface area contributed by atoms with Crippen LogP contribution in [0.4, 0.5) is 0 Å². The Bertz CT molecular complexity index is 825. The predicted molar refractivity (Wildman–Crippen MR) is 88.6 cm³/mol. The first kappa shape index (κ1) is 16.1. The largest absolute Gasteiger partial charge is 0.472 e. The van der Waals surface area contributed by atoms with Crippen molar-refractivity contribution < 1.29 is 28.6 Å². The molecule has 0 amide bonds. The van der Waals surface area contributed by atoms with E-state index in [1.807, 2.05) is 19.1 Å². The second-order valence-corrected chi connectivity index (χ2v) is 8.66. The fourth-order valence-corrected chi connectivity index (χ4v) is 6.15. The molecule has 1 aromatic rings. The molecule has 2 aliphatic heterocycles. The first-order chi connectivity index (χ1) is 12.3. The fraction of sp³-hybridized carbons (Fsp3) is 0.600. The quantitative estimate of drug-likeness (QED) is 0.777. The normalized spacial score (nSPS) is 46.7. The maximum absolute atomic E-state index is 12.7. The number of furan rings is 1. The lowest BCUT2D eigenvalue weighted by Crippen LogP contribution is -2.57. The van der Waals surface area contributed by atoms with Crippen molar-refractivity contribution in [2.45, 2.75) is 44.8 Å². The highest BCUT2D eigenvalue weighted by Gasteiger charge is 2.74. The number of rotatable bonds is 1. The highest BCUT2D eigenvalue weighted by molar-refractivity contribution is 5.92. The van der Waals surface area contributed by atoms with E-state index in [4.69, 9.17) is 13.9 Å². The average molecular weight is 358 g/mol. The second kappa shape index (κ2) is 4.80. The Hall–Kier alpha value is -2.08. The van der Waals surface area contributed by atoms with E-state index in [2.05, 4.69) is 6.92 Å².